The Labute approximate surface area is 123 Å². The summed E-state index contributed by atoms with van der Waals surface area (Å²) in [5, 5.41) is 11.5. The minimum atomic E-state index is -0.927. The molecule has 0 bridgehead atoms. The van der Waals surface area contributed by atoms with Crippen molar-refractivity contribution in [2.24, 2.45) is 5.41 Å². The second kappa shape index (κ2) is 7.06. The van der Waals surface area contributed by atoms with E-state index >= 15 is 0 Å². The van der Waals surface area contributed by atoms with Gasteiger partial charge in [-0.3, -0.25) is 14.4 Å². The van der Waals surface area contributed by atoms with E-state index in [1.54, 1.807) is 26.1 Å². The van der Waals surface area contributed by atoms with Crippen LogP contribution < -0.4 is 10.9 Å². The number of aryl methyl sites for hydroxylation is 1. The molecule has 6 nitrogen and oxygen atoms in total. The number of amides is 1. The molecule has 0 atom stereocenters. The lowest BCUT2D eigenvalue weighted by atomic mass is 9.85. The number of pyridine rings is 1. The van der Waals surface area contributed by atoms with E-state index in [0.717, 1.165) is 6.42 Å². The summed E-state index contributed by atoms with van der Waals surface area (Å²) in [5.74, 6) is -1.19. The summed E-state index contributed by atoms with van der Waals surface area (Å²) in [6, 6.07) is 2.96. The number of nitrogens with one attached hydrogen (secondary N) is 1. The second-order valence-electron chi connectivity index (χ2n) is 5.91. The third-order valence-corrected chi connectivity index (χ3v) is 3.00. The van der Waals surface area contributed by atoms with Crippen LogP contribution in [0.3, 0.4) is 0 Å². The van der Waals surface area contributed by atoms with E-state index in [9.17, 15) is 14.4 Å². The largest absolute Gasteiger partial charge is 0.481 e. The number of nitrogens with zero attached hydrogens (tertiary/aromatic N) is 1. The van der Waals surface area contributed by atoms with Crippen molar-refractivity contribution in [1.29, 1.82) is 0 Å². The molecular weight excluding hydrogens is 272 g/mol. The van der Waals surface area contributed by atoms with E-state index < -0.39 is 11.4 Å². The van der Waals surface area contributed by atoms with Gasteiger partial charge in [0.2, 0.25) is 5.91 Å². The summed E-state index contributed by atoms with van der Waals surface area (Å²) in [6.45, 7) is 6.02. The number of carboxylic acid groups (broad SMARTS) is 1. The first-order chi connectivity index (χ1) is 9.73. The lowest BCUT2D eigenvalue weighted by Gasteiger charge is -2.21. The summed E-state index contributed by atoms with van der Waals surface area (Å²) < 4.78 is 1.54. The molecule has 21 heavy (non-hydrogen) atoms. The van der Waals surface area contributed by atoms with Crippen LogP contribution in [-0.2, 0) is 16.1 Å². The zero-order valence-electron chi connectivity index (χ0n) is 12.7. The van der Waals surface area contributed by atoms with E-state index in [2.05, 4.69) is 5.32 Å². The maximum atomic E-state index is 12.0. The third-order valence-electron chi connectivity index (χ3n) is 3.00. The quantitative estimate of drug-likeness (QED) is 0.806. The third kappa shape index (κ3) is 5.81. The molecule has 116 valence electrons. The number of hydrogen-bond donors (Lipinski definition) is 2. The minimum absolute atomic E-state index is 0.0737. The molecule has 1 amide bonds. The van der Waals surface area contributed by atoms with Crippen LogP contribution >= 0.6 is 0 Å². The van der Waals surface area contributed by atoms with Gasteiger partial charge in [-0.25, -0.2) is 0 Å². The van der Waals surface area contributed by atoms with Gasteiger partial charge >= 0.3 is 5.97 Å². The lowest BCUT2D eigenvalue weighted by molar-refractivity contribution is -0.139. The predicted molar refractivity (Wildman–Crippen MR) is 80.3 cm³/mol. The predicted octanol–water partition coefficient (Wildman–Crippen LogP) is 2.09. The molecule has 1 aromatic heterocycles. The molecule has 0 saturated carbocycles. The van der Waals surface area contributed by atoms with Crippen molar-refractivity contribution in [2.75, 3.05) is 5.32 Å². The molecule has 0 aliphatic carbocycles. The first-order valence-electron chi connectivity index (χ1n) is 6.95. The van der Waals surface area contributed by atoms with Gasteiger partial charge in [-0.15, -0.1) is 0 Å². The second-order valence-corrected chi connectivity index (χ2v) is 5.91. The maximum absolute atomic E-state index is 12.0. The SMILES string of the molecule is CCCn1cc(NC(=O)CC(C)(C)CC(=O)O)ccc1=O. The molecule has 0 unspecified atom stereocenters. The molecular formula is C15H22N2O4. The fourth-order valence-corrected chi connectivity index (χ4v) is 2.13. The smallest absolute Gasteiger partial charge is 0.303 e. The van der Waals surface area contributed by atoms with Crippen molar-refractivity contribution >= 4 is 17.6 Å². The number of hydrogen-bond acceptors (Lipinski definition) is 3. The van der Waals surface area contributed by atoms with Crippen molar-refractivity contribution in [3.8, 4) is 0 Å². The molecule has 1 heterocycles. The molecule has 2 N–H and O–H groups in total. The van der Waals surface area contributed by atoms with E-state index in [4.69, 9.17) is 5.11 Å². The molecule has 0 radical (unpaired) electrons. The Kier molecular flexibility index (Phi) is 5.69. The van der Waals surface area contributed by atoms with Crippen molar-refractivity contribution in [3.63, 3.8) is 0 Å². The maximum Gasteiger partial charge on any atom is 0.303 e. The summed E-state index contributed by atoms with van der Waals surface area (Å²) in [5.41, 5.74) is -0.187. The summed E-state index contributed by atoms with van der Waals surface area (Å²) in [7, 11) is 0. The topological polar surface area (TPSA) is 88.4 Å². The number of anilines is 1. The standard InChI is InChI=1S/C15H22N2O4/c1-4-7-17-10-11(5-6-13(17)19)16-12(18)8-15(2,3)9-14(20)21/h5-6,10H,4,7-9H2,1-3H3,(H,16,18)(H,20,21). The fraction of sp³-hybridized carbons (Fsp3) is 0.533. The number of rotatable bonds is 7. The minimum Gasteiger partial charge on any atom is -0.481 e. The molecule has 1 rings (SSSR count). The highest BCUT2D eigenvalue weighted by atomic mass is 16.4. The van der Waals surface area contributed by atoms with Crippen LogP contribution in [-0.4, -0.2) is 21.6 Å². The van der Waals surface area contributed by atoms with Crippen LogP contribution in [0.2, 0.25) is 0 Å². The van der Waals surface area contributed by atoms with Gasteiger partial charge in [0.15, 0.2) is 0 Å². The Bertz CT molecular complexity index is 575. The first-order valence-corrected chi connectivity index (χ1v) is 6.95. The van der Waals surface area contributed by atoms with Crippen LogP contribution in [0.4, 0.5) is 5.69 Å². The number of carbonyl (C=O) groups excluding carboxylic acids is 1. The first kappa shape index (κ1) is 16.9. The summed E-state index contributed by atoms with van der Waals surface area (Å²) >= 11 is 0. The highest BCUT2D eigenvalue weighted by molar-refractivity contribution is 5.91. The van der Waals surface area contributed by atoms with Crippen molar-refractivity contribution in [3.05, 3.63) is 28.7 Å². The average Bonchev–Trinajstić information content (AvgIpc) is 2.31. The molecule has 1 aromatic rings. The van der Waals surface area contributed by atoms with Gasteiger partial charge in [0.25, 0.3) is 5.56 Å². The number of aliphatic carboxylic acids is 1. The van der Waals surface area contributed by atoms with Crippen LogP contribution in [0.25, 0.3) is 0 Å². The summed E-state index contributed by atoms with van der Waals surface area (Å²) in [4.78, 5) is 34.3. The Hall–Kier alpha value is -2.11. The van der Waals surface area contributed by atoms with Crippen molar-refractivity contribution in [2.45, 2.75) is 46.6 Å². The van der Waals surface area contributed by atoms with E-state index in [0.29, 0.717) is 12.2 Å². The Balaban J connectivity index is 2.73. The van der Waals surface area contributed by atoms with Gasteiger partial charge in [-0.2, -0.15) is 0 Å². The normalized spacial score (nSPS) is 11.2. The van der Waals surface area contributed by atoms with Gasteiger partial charge in [-0.1, -0.05) is 20.8 Å². The number of aromatic nitrogens is 1. The average molecular weight is 294 g/mol. The molecule has 0 aromatic carbocycles. The Morgan fingerprint density at radius 3 is 2.52 bits per heavy atom. The molecule has 0 saturated heterocycles. The number of carbonyl (C=O) groups is 2. The van der Waals surface area contributed by atoms with Gasteiger partial charge in [0.1, 0.15) is 0 Å². The molecule has 0 aliphatic heterocycles. The van der Waals surface area contributed by atoms with Crippen LogP contribution in [0.15, 0.2) is 23.1 Å². The highest BCUT2D eigenvalue weighted by Crippen LogP contribution is 2.25. The monoisotopic (exact) mass is 294 g/mol. The van der Waals surface area contributed by atoms with E-state index in [1.807, 2.05) is 6.92 Å². The van der Waals surface area contributed by atoms with Crippen molar-refractivity contribution in [1.82, 2.24) is 4.57 Å². The summed E-state index contributed by atoms with van der Waals surface area (Å²) in [6.07, 6.45) is 2.46. The molecule has 0 aliphatic rings. The van der Waals surface area contributed by atoms with Gasteiger partial charge in [-0.05, 0) is 17.9 Å². The fourth-order valence-electron chi connectivity index (χ4n) is 2.13. The van der Waals surface area contributed by atoms with Gasteiger partial charge in [0, 0.05) is 25.2 Å². The lowest BCUT2D eigenvalue weighted by Crippen LogP contribution is -2.25. The molecule has 6 heteroatoms. The van der Waals surface area contributed by atoms with Crippen LogP contribution in [0, 0.1) is 5.41 Å². The molecule has 0 fully saturated rings. The Morgan fingerprint density at radius 2 is 1.95 bits per heavy atom. The zero-order valence-corrected chi connectivity index (χ0v) is 12.7. The highest BCUT2D eigenvalue weighted by Gasteiger charge is 2.25. The van der Waals surface area contributed by atoms with E-state index in [-0.39, 0.29) is 24.3 Å². The van der Waals surface area contributed by atoms with E-state index in [1.165, 1.54) is 10.6 Å². The van der Waals surface area contributed by atoms with Crippen molar-refractivity contribution < 1.29 is 14.7 Å². The van der Waals surface area contributed by atoms with Gasteiger partial charge < -0.3 is 15.0 Å². The van der Waals surface area contributed by atoms with Crippen LogP contribution in [0.1, 0.15) is 40.0 Å². The van der Waals surface area contributed by atoms with Gasteiger partial charge in [0.05, 0.1) is 12.1 Å². The molecule has 0 spiro atoms. The van der Waals surface area contributed by atoms with Crippen LogP contribution in [0.5, 0.6) is 0 Å². The number of carboxylic acids is 1. The zero-order chi connectivity index (χ0) is 16.0. The Morgan fingerprint density at radius 1 is 1.29 bits per heavy atom.